The minimum Gasteiger partial charge on any atom is -0.101 e. The van der Waals surface area contributed by atoms with Crippen molar-refractivity contribution in [3.8, 4) is 11.8 Å². The number of fused-ring (bicyclic) bond motifs is 2. The minimum atomic E-state index is 1.11. The van der Waals surface area contributed by atoms with Crippen molar-refractivity contribution in [2.75, 3.05) is 0 Å². The minimum absolute atomic E-state index is 1.11. The Morgan fingerprint density at radius 1 is 0.565 bits per heavy atom. The average Bonchev–Trinajstić information content (AvgIpc) is 2.60. The first-order valence-corrected chi connectivity index (χ1v) is 7.89. The Labute approximate surface area is 134 Å². The monoisotopic (exact) mass is 290 g/mol. The molecule has 0 aliphatic heterocycles. The van der Waals surface area contributed by atoms with Crippen molar-refractivity contribution < 1.29 is 0 Å². The van der Waals surface area contributed by atoms with Gasteiger partial charge in [0.15, 0.2) is 0 Å². The van der Waals surface area contributed by atoms with Gasteiger partial charge in [0.1, 0.15) is 0 Å². The lowest BCUT2D eigenvalue weighted by molar-refractivity contribution is 1.74. The number of hydrogen-bond acceptors (Lipinski definition) is 0. The summed E-state index contributed by atoms with van der Waals surface area (Å²) in [5, 5.41) is 10.6. The molecule has 0 saturated heterocycles. The summed E-state index contributed by atoms with van der Waals surface area (Å²) >= 11 is 0. The molecule has 0 spiro atoms. The highest BCUT2D eigenvalue weighted by Crippen LogP contribution is 2.40. The van der Waals surface area contributed by atoms with E-state index in [2.05, 4.69) is 78.6 Å². The van der Waals surface area contributed by atoms with Crippen LogP contribution >= 0.6 is 0 Å². The van der Waals surface area contributed by atoms with E-state index in [1.54, 1.807) is 0 Å². The lowest BCUT2D eigenvalue weighted by Gasteiger charge is -2.14. The molecule has 5 rings (SSSR count). The van der Waals surface area contributed by atoms with Crippen LogP contribution in [0.1, 0.15) is 12.5 Å². The Balaban J connectivity index is 2.20. The van der Waals surface area contributed by atoms with E-state index in [1.165, 1.54) is 43.1 Å². The van der Waals surface area contributed by atoms with Gasteiger partial charge in [-0.15, -0.1) is 5.92 Å². The fraction of sp³-hybridized carbons (Fsp3) is 0.0435. The second-order valence-electron chi connectivity index (χ2n) is 5.97. The molecule has 0 radical (unpaired) electrons. The molecule has 0 atom stereocenters. The van der Waals surface area contributed by atoms with E-state index in [4.69, 9.17) is 0 Å². The van der Waals surface area contributed by atoms with E-state index >= 15 is 0 Å². The summed E-state index contributed by atoms with van der Waals surface area (Å²) < 4.78 is 0. The maximum Gasteiger partial charge on any atom is 0.0324 e. The van der Waals surface area contributed by atoms with Gasteiger partial charge in [0.25, 0.3) is 0 Å². The van der Waals surface area contributed by atoms with Crippen molar-refractivity contribution in [2.45, 2.75) is 6.92 Å². The second-order valence-corrected chi connectivity index (χ2v) is 5.97. The van der Waals surface area contributed by atoms with E-state index < -0.39 is 0 Å². The van der Waals surface area contributed by atoms with Crippen LogP contribution in [-0.2, 0) is 0 Å². The Hall–Kier alpha value is -3.04. The number of rotatable bonds is 0. The molecular weight excluding hydrogens is 276 g/mol. The van der Waals surface area contributed by atoms with E-state index in [0.717, 1.165) is 5.56 Å². The molecule has 0 bridgehead atoms. The molecule has 0 aliphatic rings. The third-order valence-corrected chi connectivity index (χ3v) is 4.79. The summed E-state index contributed by atoms with van der Waals surface area (Å²) in [5.41, 5.74) is 1.11. The summed E-state index contributed by atoms with van der Waals surface area (Å²) in [7, 11) is 0. The summed E-state index contributed by atoms with van der Waals surface area (Å²) in [6, 6.07) is 24.1. The third kappa shape index (κ3) is 1.57. The van der Waals surface area contributed by atoms with Gasteiger partial charge in [0.05, 0.1) is 0 Å². The van der Waals surface area contributed by atoms with Crippen molar-refractivity contribution >= 4 is 43.1 Å². The van der Waals surface area contributed by atoms with E-state index in [1.807, 2.05) is 6.92 Å². The first-order valence-electron chi connectivity index (χ1n) is 7.89. The summed E-state index contributed by atoms with van der Waals surface area (Å²) in [6.07, 6.45) is 0. The molecule has 0 N–H and O–H groups in total. The van der Waals surface area contributed by atoms with Crippen LogP contribution in [0.3, 0.4) is 0 Å². The first kappa shape index (κ1) is 12.5. The Morgan fingerprint density at radius 2 is 1.13 bits per heavy atom. The maximum atomic E-state index is 3.25. The van der Waals surface area contributed by atoms with Crippen molar-refractivity contribution in [3.63, 3.8) is 0 Å². The van der Waals surface area contributed by atoms with Crippen molar-refractivity contribution in [1.29, 1.82) is 0 Å². The smallest absolute Gasteiger partial charge is 0.0324 e. The molecule has 0 fully saturated rings. The largest absolute Gasteiger partial charge is 0.101 e. The fourth-order valence-electron chi connectivity index (χ4n) is 3.89. The Morgan fingerprint density at radius 3 is 1.83 bits per heavy atom. The summed E-state index contributed by atoms with van der Waals surface area (Å²) in [4.78, 5) is 0. The maximum absolute atomic E-state index is 3.25. The lowest BCUT2D eigenvalue weighted by atomic mass is 9.88. The highest BCUT2D eigenvalue weighted by molar-refractivity contribution is 6.33. The molecule has 0 aliphatic carbocycles. The molecule has 0 amide bonds. The molecule has 0 nitrogen and oxygen atoms in total. The van der Waals surface area contributed by atoms with Gasteiger partial charge in [-0.1, -0.05) is 66.6 Å². The van der Waals surface area contributed by atoms with Gasteiger partial charge in [-0.2, -0.15) is 0 Å². The van der Waals surface area contributed by atoms with E-state index in [9.17, 15) is 0 Å². The normalized spacial score (nSPS) is 11.3. The van der Waals surface area contributed by atoms with Crippen LogP contribution in [0.5, 0.6) is 0 Å². The van der Waals surface area contributed by atoms with Crippen LogP contribution in [0, 0.1) is 11.8 Å². The van der Waals surface area contributed by atoms with Gasteiger partial charge >= 0.3 is 0 Å². The summed E-state index contributed by atoms with van der Waals surface area (Å²) in [6.45, 7) is 1.89. The molecule has 0 heterocycles. The van der Waals surface area contributed by atoms with Crippen LogP contribution in [0.25, 0.3) is 43.1 Å². The summed E-state index contributed by atoms with van der Waals surface area (Å²) in [5.74, 6) is 6.29. The van der Waals surface area contributed by atoms with Crippen LogP contribution in [0.2, 0.25) is 0 Å². The zero-order chi connectivity index (χ0) is 15.4. The fourth-order valence-corrected chi connectivity index (χ4v) is 3.89. The first-order chi connectivity index (χ1) is 11.4. The van der Waals surface area contributed by atoms with Crippen LogP contribution in [0.15, 0.2) is 66.7 Å². The predicted molar refractivity (Wildman–Crippen MR) is 100 cm³/mol. The van der Waals surface area contributed by atoms with Crippen molar-refractivity contribution in [2.24, 2.45) is 0 Å². The van der Waals surface area contributed by atoms with Crippen LogP contribution < -0.4 is 0 Å². The zero-order valence-electron chi connectivity index (χ0n) is 12.9. The Bertz CT molecular complexity index is 1210. The van der Waals surface area contributed by atoms with Gasteiger partial charge in [-0.25, -0.2) is 0 Å². The molecule has 0 unspecified atom stereocenters. The molecule has 0 aromatic heterocycles. The van der Waals surface area contributed by atoms with Gasteiger partial charge < -0.3 is 0 Å². The van der Waals surface area contributed by atoms with Gasteiger partial charge in [-0.05, 0) is 56.1 Å². The topological polar surface area (TPSA) is 0 Å². The van der Waals surface area contributed by atoms with Gasteiger partial charge in [0, 0.05) is 5.56 Å². The SMILES string of the molecule is CC#Cc1ccc2c3cccc4cccc(c5cccc1c52)c43. The third-order valence-electron chi connectivity index (χ3n) is 4.79. The predicted octanol–water partition coefficient (Wildman–Crippen LogP) is 6.11. The van der Waals surface area contributed by atoms with Crippen LogP contribution in [0.4, 0.5) is 0 Å². The molecule has 0 saturated carbocycles. The quantitative estimate of drug-likeness (QED) is 0.183. The highest BCUT2D eigenvalue weighted by Gasteiger charge is 2.13. The molecule has 0 heteroatoms. The highest BCUT2D eigenvalue weighted by atomic mass is 14.2. The molecular formula is C23H14. The molecule has 106 valence electrons. The molecule has 23 heavy (non-hydrogen) atoms. The average molecular weight is 290 g/mol. The van der Waals surface area contributed by atoms with Crippen LogP contribution in [-0.4, -0.2) is 0 Å². The number of benzene rings is 5. The second kappa shape index (κ2) is 4.48. The lowest BCUT2D eigenvalue weighted by Crippen LogP contribution is -1.88. The number of hydrogen-bond donors (Lipinski definition) is 0. The van der Waals surface area contributed by atoms with E-state index in [0.29, 0.717) is 0 Å². The molecule has 5 aromatic rings. The zero-order valence-corrected chi connectivity index (χ0v) is 12.9. The Kier molecular flexibility index (Phi) is 2.43. The van der Waals surface area contributed by atoms with Gasteiger partial charge in [0.2, 0.25) is 0 Å². The van der Waals surface area contributed by atoms with Crippen molar-refractivity contribution in [1.82, 2.24) is 0 Å². The molecule has 5 aromatic carbocycles. The van der Waals surface area contributed by atoms with Crippen molar-refractivity contribution in [3.05, 3.63) is 72.3 Å². The van der Waals surface area contributed by atoms with E-state index in [-0.39, 0.29) is 0 Å². The van der Waals surface area contributed by atoms with Gasteiger partial charge in [-0.3, -0.25) is 0 Å². The standard InChI is InChI=1S/C23H14/c1-2-6-15-13-14-21-19-11-4-8-16-7-3-10-18(22(16)19)20-12-5-9-17(15)23(20)21/h3-5,7-14H,1H3.